The van der Waals surface area contributed by atoms with E-state index >= 15 is 0 Å². The number of hydrogen-bond acceptors (Lipinski definition) is 4. The van der Waals surface area contributed by atoms with E-state index in [2.05, 4.69) is 10.2 Å². The van der Waals surface area contributed by atoms with Gasteiger partial charge in [-0.05, 0) is 42.7 Å². The highest BCUT2D eigenvalue weighted by Gasteiger charge is 2.45. The van der Waals surface area contributed by atoms with E-state index in [0.717, 1.165) is 81.3 Å². The van der Waals surface area contributed by atoms with E-state index in [0.29, 0.717) is 0 Å². The number of carbonyl (C=O) groups excluding carboxylic acids is 1. The van der Waals surface area contributed by atoms with E-state index in [9.17, 15) is 4.79 Å². The molecule has 1 aliphatic carbocycles. The first-order chi connectivity index (χ1) is 13.1. The van der Waals surface area contributed by atoms with E-state index in [-0.39, 0.29) is 16.9 Å². The summed E-state index contributed by atoms with van der Waals surface area (Å²) in [6.07, 6.45) is 5.23. The minimum Gasteiger partial charge on any atom is -0.379 e. The van der Waals surface area contributed by atoms with Gasteiger partial charge in [-0.2, -0.15) is 11.8 Å². The molecule has 1 saturated carbocycles. The molecule has 6 heteroatoms. The number of nitrogens with one attached hydrogen (secondary N) is 1. The van der Waals surface area contributed by atoms with Crippen molar-refractivity contribution in [2.75, 3.05) is 44.4 Å². The summed E-state index contributed by atoms with van der Waals surface area (Å²) in [4.78, 5) is 16.0. The van der Waals surface area contributed by atoms with Crippen molar-refractivity contribution in [2.24, 2.45) is 0 Å². The summed E-state index contributed by atoms with van der Waals surface area (Å²) in [5.74, 6) is 2.48. The number of hydrogen-bond donors (Lipinski definition) is 1. The van der Waals surface area contributed by atoms with Crippen LogP contribution in [0, 0.1) is 0 Å². The fourth-order valence-corrected chi connectivity index (χ4v) is 6.55. The molecule has 1 unspecified atom stereocenters. The third-order valence-electron chi connectivity index (χ3n) is 6.63. The number of nitrogens with zero attached hydrogens (tertiary/aromatic N) is 1. The summed E-state index contributed by atoms with van der Waals surface area (Å²) in [5, 5.41) is 4.11. The predicted octanol–water partition coefficient (Wildman–Crippen LogP) is 3.48. The zero-order valence-electron chi connectivity index (χ0n) is 15.8. The van der Waals surface area contributed by atoms with Gasteiger partial charge in [0.2, 0.25) is 5.91 Å². The molecule has 148 valence electrons. The van der Waals surface area contributed by atoms with E-state index in [4.69, 9.17) is 16.3 Å². The van der Waals surface area contributed by atoms with Crippen molar-refractivity contribution in [2.45, 2.75) is 43.1 Å². The smallest absolute Gasteiger partial charge is 0.230 e. The Labute approximate surface area is 171 Å². The van der Waals surface area contributed by atoms with Crippen LogP contribution in [0.25, 0.3) is 0 Å². The van der Waals surface area contributed by atoms with Crippen LogP contribution in [-0.2, 0) is 14.9 Å². The Bertz CT molecular complexity index is 649. The van der Waals surface area contributed by atoms with Crippen molar-refractivity contribution in [1.29, 1.82) is 0 Å². The second-order valence-corrected chi connectivity index (χ2v) is 9.65. The van der Waals surface area contributed by atoms with Crippen molar-refractivity contribution in [1.82, 2.24) is 10.2 Å². The van der Waals surface area contributed by atoms with Crippen LogP contribution in [0.15, 0.2) is 24.3 Å². The van der Waals surface area contributed by atoms with Gasteiger partial charge in [0.25, 0.3) is 0 Å². The van der Waals surface area contributed by atoms with Crippen LogP contribution >= 0.6 is 23.4 Å². The molecule has 2 aliphatic heterocycles. The lowest BCUT2D eigenvalue weighted by Gasteiger charge is -2.43. The van der Waals surface area contributed by atoms with E-state index < -0.39 is 0 Å². The van der Waals surface area contributed by atoms with E-state index in [1.165, 1.54) is 5.75 Å². The molecule has 0 spiro atoms. The van der Waals surface area contributed by atoms with Crippen LogP contribution in [-0.4, -0.2) is 60.7 Å². The monoisotopic (exact) mass is 408 g/mol. The van der Waals surface area contributed by atoms with Gasteiger partial charge in [-0.15, -0.1) is 0 Å². The van der Waals surface area contributed by atoms with Crippen molar-refractivity contribution < 1.29 is 9.53 Å². The Kier molecular flexibility index (Phi) is 6.03. The minimum absolute atomic E-state index is 0.0872. The molecule has 1 aromatic rings. The van der Waals surface area contributed by atoms with Gasteiger partial charge < -0.3 is 10.1 Å². The number of thioether (sulfide) groups is 1. The van der Waals surface area contributed by atoms with Crippen molar-refractivity contribution in [3.8, 4) is 0 Å². The van der Waals surface area contributed by atoms with Gasteiger partial charge in [-0.3, -0.25) is 9.69 Å². The number of halogens is 1. The van der Waals surface area contributed by atoms with Gasteiger partial charge >= 0.3 is 0 Å². The normalized spacial score (nSPS) is 28.3. The lowest BCUT2D eigenvalue weighted by molar-refractivity contribution is -0.127. The highest BCUT2D eigenvalue weighted by molar-refractivity contribution is 7.99. The number of ether oxygens (including phenoxy) is 1. The number of morpholine rings is 1. The Morgan fingerprint density at radius 1 is 1.15 bits per heavy atom. The van der Waals surface area contributed by atoms with Crippen LogP contribution in [0.4, 0.5) is 0 Å². The molecule has 1 atom stereocenters. The summed E-state index contributed by atoms with van der Waals surface area (Å²) < 4.78 is 5.55. The molecule has 4 rings (SSSR count). The molecule has 4 nitrogen and oxygen atoms in total. The maximum Gasteiger partial charge on any atom is 0.230 e. The maximum atomic E-state index is 13.4. The molecule has 27 heavy (non-hydrogen) atoms. The number of amides is 1. The average molecular weight is 409 g/mol. The van der Waals surface area contributed by atoms with Crippen LogP contribution in [0.2, 0.25) is 5.02 Å². The van der Waals surface area contributed by atoms with Gasteiger partial charge in [0, 0.05) is 35.9 Å². The predicted molar refractivity (Wildman–Crippen MR) is 112 cm³/mol. The average Bonchev–Trinajstić information content (AvgIpc) is 3.39. The zero-order chi connectivity index (χ0) is 18.7. The van der Waals surface area contributed by atoms with Gasteiger partial charge in [0.1, 0.15) is 0 Å². The molecular formula is C21H29ClN2O2S. The molecule has 1 N–H and O–H groups in total. The third-order valence-corrected chi connectivity index (χ3v) is 8.12. The standard InChI is InChI=1S/C21H29ClN2O2S/c22-18-5-3-17(4-6-18)21(7-1-2-8-21)19(25)23-15-20(9-14-27-16-20)24-10-12-26-13-11-24/h3-6H,1-2,7-16H2,(H,23,25). The molecule has 3 fully saturated rings. The maximum absolute atomic E-state index is 13.4. The summed E-state index contributed by atoms with van der Waals surface area (Å²) >= 11 is 8.08. The Morgan fingerprint density at radius 3 is 2.48 bits per heavy atom. The molecular weight excluding hydrogens is 380 g/mol. The van der Waals surface area contributed by atoms with Crippen LogP contribution in [0.3, 0.4) is 0 Å². The molecule has 1 aromatic carbocycles. The van der Waals surface area contributed by atoms with Crippen LogP contribution in [0.5, 0.6) is 0 Å². The topological polar surface area (TPSA) is 41.6 Å². The number of carbonyl (C=O) groups is 1. The second-order valence-electron chi connectivity index (χ2n) is 8.11. The van der Waals surface area contributed by atoms with Crippen LogP contribution in [0.1, 0.15) is 37.7 Å². The number of benzene rings is 1. The Balaban J connectivity index is 1.50. The van der Waals surface area contributed by atoms with Crippen molar-refractivity contribution >= 4 is 29.3 Å². The van der Waals surface area contributed by atoms with Gasteiger partial charge in [-0.1, -0.05) is 36.6 Å². The second kappa shape index (κ2) is 8.32. The fourth-order valence-electron chi connectivity index (χ4n) is 4.94. The zero-order valence-corrected chi connectivity index (χ0v) is 17.4. The van der Waals surface area contributed by atoms with E-state index in [1.54, 1.807) is 0 Å². The Morgan fingerprint density at radius 2 is 1.85 bits per heavy atom. The highest BCUT2D eigenvalue weighted by atomic mass is 35.5. The molecule has 2 saturated heterocycles. The molecule has 3 aliphatic rings. The van der Waals surface area contributed by atoms with Crippen molar-refractivity contribution in [3.63, 3.8) is 0 Å². The summed E-state index contributed by atoms with van der Waals surface area (Å²) in [6.45, 7) is 4.29. The third kappa shape index (κ3) is 3.89. The Hall–Kier alpha value is -0.750. The van der Waals surface area contributed by atoms with E-state index in [1.807, 2.05) is 36.0 Å². The van der Waals surface area contributed by atoms with Crippen LogP contribution < -0.4 is 5.32 Å². The first-order valence-corrected chi connectivity index (χ1v) is 11.6. The van der Waals surface area contributed by atoms with Crippen molar-refractivity contribution in [3.05, 3.63) is 34.9 Å². The summed E-state index contributed by atoms with van der Waals surface area (Å²) in [6, 6.07) is 7.90. The number of rotatable bonds is 5. The molecule has 0 radical (unpaired) electrons. The SMILES string of the molecule is O=C(NCC1(N2CCOCC2)CCSC1)C1(c2ccc(Cl)cc2)CCCC1. The van der Waals surface area contributed by atoms with Gasteiger partial charge in [0.05, 0.1) is 18.6 Å². The van der Waals surface area contributed by atoms with Gasteiger partial charge in [-0.25, -0.2) is 0 Å². The highest BCUT2D eigenvalue weighted by Crippen LogP contribution is 2.42. The largest absolute Gasteiger partial charge is 0.379 e. The quantitative estimate of drug-likeness (QED) is 0.809. The van der Waals surface area contributed by atoms with Gasteiger partial charge in [0.15, 0.2) is 0 Å². The molecule has 1 amide bonds. The molecule has 2 heterocycles. The lowest BCUT2D eigenvalue weighted by atomic mass is 9.77. The fraction of sp³-hybridized carbons (Fsp3) is 0.667. The first kappa shape index (κ1) is 19.6. The molecule has 0 aromatic heterocycles. The molecule has 0 bridgehead atoms. The summed E-state index contributed by atoms with van der Waals surface area (Å²) in [5.41, 5.74) is 0.815. The summed E-state index contributed by atoms with van der Waals surface area (Å²) in [7, 11) is 0. The lowest BCUT2D eigenvalue weighted by Crippen LogP contribution is -2.60. The first-order valence-electron chi connectivity index (χ1n) is 10.1. The minimum atomic E-state index is -0.386.